The summed E-state index contributed by atoms with van der Waals surface area (Å²) < 4.78 is 42.7. The molecule has 2 saturated heterocycles. The molecule has 0 aromatic heterocycles. The number of methoxy groups -OCH3 is 1. The third-order valence-electron chi connectivity index (χ3n) is 5.19. The standard InChI is InChI=1S/C18H34F3N5O/c1-3-22-17(24-16-6-9-26(13-16)14-18(19,20)21)23-12-15-4-7-25(8-5-15)10-11-27-2/h15-16H,3-14H2,1-2H3,(H2,22,23,24). The van der Waals surface area contributed by atoms with Gasteiger partial charge in [-0.25, -0.2) is 0 Å². The van der Waals surface area contributed by atoms with E-state index in [4.69, 9.17) is 9.73 Å². The van der Waals surface area contributed by atoms with Gasteiger partial charge in [-0.1, -0.05) is 0 Å². The van der Waals surface area contributed by atoms with E-state index >= 15 is 0 Å². The number of halogens is 3. The molecule has 0 aromatic rings. The lowest BCUT2D eigenvalue weighted by molar-refractivity contribution is -0.143. The van der Waals surface area contributed by atoms with E-state index in [1.54, 1.807) is 7.11 Å². The van der Waals surface area contributed by atoms with Crippen molar-refractivity contribution in [1.82, 2.24) is 20.4 Å². The van der Waals surface area contributed by atoms with Crippen LogP contribution in [0.15, 0.2) is 4.99 Å². The van der Waals surface area contributed by atoms with E-state index in [1.807, 2.05) is 6.92 Å². The van der Waals surface area contributed by atoms with Crippen LogP contribution < -0.4 is 10.6 Å². The van der Waals surface area contributed by atoms with Crippen molar-refractivity contribution in [3.63, 3.8) is 0 Å². The van der Waals surface area contributed by atoms with Gasteiger partial charge >= 0.3 is 6.18 Å². The van der Waals surface area contributed by atoms with Crippen LogP contribution in [0.5, 0.6) is 0 Å². The molecule has 2 N–H and O–H groups in total. The number of rotatable bonds is 8. The van der Waals surface area contributed by atoms with Crippen molar-refractivity contribution in [2.24, 2.45) is 10.9 Å². The van der Waals surface area contributed by atoms with E-state index in [9.17, 15) is 13.2 Å². The molecule has 0 aliphatic carbocycles. The quantitative estimate of drug-likeness (QED) is 0.484. The molecular weight excluding hydrogens is 359 g/mol. The highest BCUT2D eigenvalue weighted by atomic mass is 19.4. The first-order chi connectivity index (χ1) is 12.9. The number of likely N-dealkylation sites (tertiary alicyclic amines) is 2. The minimum absolute atomic E-state index is 0.0149. The average Bonchev–Trinajstić information content (AvgIpc) is 3.04. The maximum Gasteiger partial charge on any atom is 0.401 e. The van der Waals surface area contributed by atoms with E-state index in [1.165, 1.54) is 4.90 Å². The van der Waals surface area contributed by atoms with Crippen LogP contribution in [0.2, 0.25) is 0 Å². The van der Waals surface area contributed by atoms with Gasteiger partial charge in [0, 0.05) is 45.9 Å². The maximum absolute atomic E-state index is 12.5. The van der Waals surface area contributed by atoms with Gasteiger partial charge in [0.05, 0.1) is 13.2 Å². The maximum atomic E-state index is 12.5. The Bertz CT molecular complexity index is 453. The summed E-state index contributed by atoms with van der Waals surface area (Å²) in [7, 11) is 1.73. The van der Waals surface area contributed by atoms with E-state index in [-0.39, 0.29) is 6.04 Å². The van der Waals surface area contributed by atoms with Crippen LogP contribution in [-0.4, -0.2) is 94.1 Å². The van der Waals surface area contributed by atoms with Crippen molar-refractivity contribution >= 4 is 5.96 Å². The summed E-state index contributed by atoms with van der Waals surface area (Å²) in [6.07, 6.45) is -1.19. The summed E-state index contributed by atoms with van der Waals surface area (Å²) >= 11 is 0. The fourth-order valence-electron chi connectivity index (χ4n) is 3.69. The Balaban J connectivity index is 1.75. The minimum Gasteiger partial charge on any atom is -0.383 e. The van der Waals surface area contributed by atoms with Crippen molar-refractivity contribution in [1.29, 1.82) is 0 Å². The Kier molecular flexibility index (Phi) is 9.11. The topological polar surface area (TPSA) is 52.1 Å². The van der Waals surface area contributed by atoms with Crippen LogP contribution in [0.3, 0.4) is 0 Å². The lowest BCUT2D eigenvalue weighted by atomic mass is 9.97. The number of nitrogens with zero attached hydrogens (tertiary/aromatic N) is 3. The molecule has 0 bridgehead atoms. The molecule has 0 aromatic carbocycles. The molecular formula is C18H34F3N5O. The lowest BCUT2D eigenvalue weighted by Crippen LogP contribution is -2.45. The SMILES string of the molecule is CCNC(=NCC1CCN(CCOC)CC1)NC1CCN(CC(F)(F)F)C1. The fraction of sp³-hybridized carbons (Fsp3) is 0.944. The van der Waals surface area contributed by atoms with Gasteiger partial charge in [0.1, 0.15) is 0 Å². The van der Waals surface area contributed by atoms with Crippen molar-refractivity contribution in [3.05, 3.63) is 0 Å². The van der Waals surface area contributed by atoms with Gasteiger partial charge < -0.3 is 20.3 Å². The second-order valence-corrected chi connectivity index (χ2v) is 7.48. The van der Waals surface area contributed by atoms with Gasteiger partial charge in [-0.3, -0.25) is 9.89 Å². The van der Waals surface area contributed by atoms with E-state index in [2.05, 4.69) is 15.5 Å². The minimum atomic E-state index is -4.13. The Morgan fingerprint density at radius 2 is 1.85 bits per heavy atom. The van der Waals surface area contributed by atoms with Gasteiger partial charge in [-0.15, -0.1) is 0 Å². The molecule has 1 atom stereocenters. The molecule has 2 fully saturated rings. The summed E-state index contributed by atoms with van der Waals surface area (Å²) in [5.41, 5.74) is 0. The molecule has 158 valence electrons. The molecule has 2 rings (SSSR count). The lowest BCUT2D eigenvalue weighted by Gasteiger charge is -2.31. The van der Waals surface area contributed by atoms with E-state index < -0.39 is 12.7 Å². The summed E-state index contributed by atoms with van der Waals surface area (Å²) in [6, 6.07) is 0.0149. The second-order valence-electron chi connectivity index (χ2n) is 7.48. The molecule has 0 spiro atoms. The Labute approximate surface area is 160 Å². The molecule has 2 heterocycles. The summed E-state index contributed by atoms with van der Waals surface area (Å²) in [5.74, 6) is 1.28. The fourth-order valence-corrected chi connectivity index (χ4v) is 3.69. The first-order valence-electron chi connectivity index (χ1n) is 9.95. The summed E-state index contributed by atoms with van der Waals surface area (Å²) in [4.78, 5) is 8.57. The highest BCUT2D eigenvalue weighted by Gasteiger charge is 2.34. The van der Waals surface area contributed by atoms with Gasteiger partial charge in [-0.2, -0.15) is 13.2 Å². The van der Waals surface area contributed by atoms with Gasteiger partial charge in [0.15, 0.2) is 5.96 Å². The predicted molar refractivity (Wildman–Crippen MR) is 101 cm³/mol. The van der Waals surface area contributed by atoms with Crippen LogP contribution >= 0.6 is 0 Å². The third kappa shape index (κ3) is 8.66. The van der Waals surface area contributed by atoms with Crippen molar-refractivity contribution < 1.29 is 17.9 Å². The molecule has 0 saturated carbocycles. The van der Waals surface area contributed by atoms with E-state index in [0.29, 0.717) is 25.4 Å². The molecule has 9 heteroatoms. The molecule has 2 aliphatic rings. The van der Waals surface area contributed by atoms with Gasteiger partial charge in [-0.05, 0) is 45.2 Å². The van der Waals surface area contributed by atoms with Crippen LogP contribution in [0, 0.1) is 5.92 Å². The number of guanidine groups is 1. The zero-order valence-electron chi connectivity index (χ0n) is 16.5. The Morgan fingerprint density at radius 3 is 2.48 bits per heavy atom. The highest BCUT2D eigenvalue weighted by molar-refractivity contribution is 5.80. The monoisotopic (exact) mass is 393 g/mol. The molecule has 6 nitrogen and oxygen atoms in total. The van der Waals surface area contributed by atoms with Crippen LogP contribution in [0.4, 0.5) is 13.2 Å². The van der Waals surface area contributed by atoms with Gasteiger partial charge in [0.25, 0.3) is 0 Å². The smallest absolute Gasteiger partial charge is 0.383 e. The predicted octanol–water partition coefficient (Wildman–Crippen LogP) is 1.54. The summed E-state index contributed by atoms with van der Waals surface area (Å²) in [5, 5.41) is 6.53. The molecule has 0 amide bonds. The van der Waals surface area contributed by atoms with Crippen LogP contribution in [0.25, 0.3) is 0 Å². The number of ether oxygens (including phenoxy) is 1. The van der Waals surface area contributed by atoms with Crippen molar-refractivity contribution in [2.75, 3.05) is 66.1 Å². The largest absolute Gasteiger partial charge is 0.401 e. The average molecular weight is 393 g/mol. The number of piperidine rings is 1. The van der Waals surface area contributed by atoms with Crippen LogP contribution in [-0.2, 0) is 4.74 Å². The number of hydrogen-bond donors (Lipinski definition) is 2. The molecule has 27 heavy (non-hydrogen) atoms. The number of aliphatic imine (C=N–C) groups is 1. The number of nitrogens with one attached hydrogen (secondary N) is 2. The van der Waals surface area contributed by atoms with Crippen molar-refractivity contribution in [2.45, 2.75) is 38.4 Å². The number of hydrogen-bond acceptors (Lipinski definition) is 4. The zero-order chi connectivity index (χ0) is 19.7. The van der Waals surface area contributed by atoms with Crippen LogP contribution in [0.1, 0.15) is 26.2 Å². The van der Waals surface area contributed by atoms with Crippen molar-refractivity contribution in [3.8, 4) is 0 Å². The van der Waals surface area contributed by atoms with E-state index in [0.717, 1.165) is 58.1 Å². The third-order valence-corrected chi connectivity index (χ3v) is 5.19. The first-order valence-corrected chi connectivity index (χ1v) is 9.95. The van der Waals surface area contributed by atoms with Gasteiger partial charge in [0.2, 0.25) is 0 Å². The Hall–Kier alpha value is -1.06. The first kappa shape index (κ1) is 22.2. The second kappa shape index (κ2) is 11.1. The Morgan fingerprint density at radius 1 is 1.15 bits per heavy atom. The highest BCUT2D eigenvalue weighted by Crippen LogP contribution is 2.20. The normalized spacial score (nSPS) is 23.7. The molecule has 2 aliphatic heterocycles. The zero-order valence-corrected chi connectivity index (χ0v) is 16.5. The number of alkyl halides is 3. The molecule has 0 radical (unpaired) electrons. The summed E-state index contributed by atoms with van der Waals surface area (Å²) in [6.45, 7) is 7.42. The molecule has 1 unspecified atom stereocenters.